The number of fused-ring (bicyclic) bond motifs is 1. The van der Waals surface area contributed by atoms with Crippen molar-refractivity contribution in [3.05, 3.63) is 24.3 Å². The lowest BCUT2D eigenvalue weighted by Crippen LogP contribution is -2.51. The zero-order valence-electron chi connectivity index (χ0n) is 12.0. The summed E-state index contributed by atoms with van der Waals surface area (Å²) < 4.78 is 11.5. The molecule has 1 aliphatic heterocycles. The topological polar surface area (TPSA) is 50.5 Å². The van der Waals surface area contributed by atoms with Crippen LogP contribution in [-0.2, 0) is 4.74 Å². The fourth-order valence-electron chi connectivity index (χ4n) is 2.43. The van der Waals surface area contributed by atoms with Gasteiger partial charge in [0.25, 0.3) is 6.01 Å². The van der Waals surface area contributed by atoms with Crippen LogP contribution in [0.1, 0.15) is 13.8 Å². The molecule has 0 bridgehead atoms. The van der Waals surface area contributed by atoms with E-state index in [4.69, 9.17) is 9.15 Å². The third-order valence-electron chi connectivity index (χ3n) is 3.52. The van der Waals surface area contributed by atoms with Crippen molar-refractivity contribution < 1.29 is 9.15 Å². The van der Waals surface area contributed by atoms with Crippen molar-refractivity contribution in [1.82, 2.24) is 10.3 Å². The van der Waals surface area contributed by atoms with E-state index in [1.165, 1.54) is 0 Å². The van der Waals surface area contributed by atoms with Crippen LogP contribution in [0.25, 0.3) is 11.1 Å². The minimum absolute atomic E-state index is 0.263. The van der Waals surface area contributed by atoms with Crippen LogP contribution in [0.2, 0.25) is 0 Å². The molecule has 2 aromatic rings. The summed E-state index contributed by atoms with van der Waals surface area (Å²) in [6.07, 6.45) is 0. The summed E-state index contributed by atoms with van der Waals surface area (Å²) in [5.41, 5.74) is 1.74. The highest BCUT2D eigenvalue weighted by molar-refractivity contribution is 5.74. The summed E-state index contributed by atoms with van der Waals surface area (Å²) >= 11 is 0. The fraction of sp³-hybridized carbons (Fsp3) is 0.533. The Kier molecular flexibility index (Phi) is 3.89. The number of aromatic nitrogens is 1. The van der Waals surface area contributed by atoms with Gasteiger partial charge in [0, 0.05) is 19.1 Å². The van der Waals surface area contributed by atoms with Crippen LogP contribution in [-0.4, -0.2) is 43.4 Å². The average Bonchev–Trinajstić information content (AvgIpc) is 2.89. The predicted octanol–water partition coefficient (Wildman–Crippen LogP) is 2.03. The molecule has 1 aliphatic rings. The van der Waals surface area contributed by atoms with Crippen molar-refractivity contribution >= 4 is 17.1 Å². The molecule has 1 aromatic heterocycles. The lowest BCUT2D eigenvalue weighted by molar-refractivity contribution is 0.0905. The number of anilines is 1. The van der Waals surface area contributed by atoms with Crippen molar-refractivity contribution in [2.75, 3.05) is 31.2 Å². The van der Waals surface area contributed by atoms with Crippen LogP contribution < -0.4 is 10.2 Å². The van der Waals surface area contributed by atoms with E-state index in [-0.39, 0.29) is 6.04 Å². The van der Waals surface area contributed by atoms with E-state index in [0.29, 0.717) is 18.7 Å². The standard InChI is InChI=1S/C15H21N3O2/c1-11(2)16-9-12-10-19-8-7-18(12)15-17-13-5-3-4-6-14(13)20-15/h3-6,11-12,16H,7-10H2,1-2H3. The van der Waals surface area contributed by atoms with E-state index < -0.39 is 0 Å². The maximum Gasteiger partial charge on any atom is 0.298 e. The molecule has 5 heteroatoms. The van der Waals surface area contributed by atoms with E-state index in [9.17, 15) is 0 Å². The summed E-state index contributed by atoms with van der Waals surface area (Å²) in [6, 6.07) is 9.30. The Morgan fingerprint density at radius 2 is 2.25 bits per heavy atom. The van der Waals surface area contributed by atoms with Gasteiger partial charge in [-0.3, -0.25) is 0 Å². The first-order valence-corrected chi connectivity index (χ1v) is 7.17. The number of nitrogens with one attached hydrogen (secondary N) is 1. The highest BCUT2D eigenvalue weighted by Gasteiger charge is 2.26. The van der Waals surface area contributed by atoms with Gasteiger partial charge in [-0.25, -0.2) is 0 Å². The number of hydrogen-bond donors (Lipinski definition) is 1. The van der Waals surface area contributed by atoms with Crippen LogP contribution in [0.15, 0.2) is 28.7 Å². The monoisotopic (exact) mass is 275 g/mol. The SMILES string of the molecule is CC(C)NCC1COCCN1c1nc2ccccc2o1. The molecule has 0 amide bonds. The van der Waals surface area contributed by atoms with E-state index in [1.54, 1.807) is 0 Å². The normalized spacial score (nSPS) is 19.9. The third-order valence-corrected chi connectivity index (χ3v) is 3.52. The Balaban J connectivity index is 1.81. The number of nitrogens with zero attached hydrogens (tertiary/aromatic N) is 2. The Hall–Kier alpha value is -1.59. The van der Waals surface area contributed by atoms with Gasteiger partial charge >= 0.3 is 0 Å². The van der Waals surface area contributed by atoms with Crippen LogP contribution >= 0.6 is 0 Å². The molecule has 1 unspecified atom stereocenters. The molecule has 5 nitrogen and oxygen atoms in total. The third kappa shape index (κ3) is 2.78. The van der Waals surface area contributed by atoms with Crippen LogP contribution in [0.5, 0.6) is 0 Å². The van der Waals surface area contributed by atoms with Crippen molar-refractivity contribution in [2.45, 2.75) is 25.9 Å². The van der Waals surface area contributed by atoms with Crippen molar-refractivity contribution in [3.63, 3.8) is 0 Å². The second kappa shape index (κ2) is 5.81. The molecule has 0 radical (unpaired) electrons. The quantitative estimate of drug-likeness (QED) is 0.925. The fourth-order valence-corrected chi connectivity index (χ4v) is 2.43. The molecule has 3 rings (SSSR count). The highest BCUT2D eigenvalue weighted by atomic mass is 16.5. The molecule has 1 N–H and O–H groups in total. The number of oxazole rings is 1. The maximum atomic E-state index is 5.88. The van der Waals surface area contributed by atoms with Crippen molar-refractivity contribution in [3.8, 4) is 0 Å². The summed E-state index contributed by atoms with van der Waals surface area (Å²) in [4.78, 5) is 6.80. The molecule has 2 heterocycles. The Labute approximate surface area is 118 Å². The molecule has 1 saturated heterocycles. The first-order chi connectivity index (χ1) is 9.74. The van der Waals surface area contributed by atoms with E-state index >= 15 is 0 Å². The molecule has 1 fully saturated rings. The Morgan fingerprint density at radius 3 is 3.05 bits per heavy atom. The Morgan fingerprint density at radius 1 is 1.40 bits per heavy atom. The van der Waals surface area contributed by atoms with Gasteiger partial charge < -0.3 is 19.4 Å². The molecular weight excluding hydrogens is 254 g/mol. The number of rotatable bonds is 4. The van der Waals surface area contributed by atoms with Crippen molar-refractivity contribution in [2.24, 2.45) is 0 Å². The van der Waals surface area contributed by atoms with E-state index in [2.05, 4.69) is 29.0 Å². The lowest BCUT2D eigenvalue weighted by atomic mass is 10.2. The van der Waals surface area contributed by atoms with E-state index in [0.717, 1.165) is 30.8 Å². The van der Waals surface area contributed by atoms with Gasteiger partial charge in [-0.1, -0.05) is 26.0 Å². The zero-order valence-corrected chi connectivity index (χ0v) is 12.0. The molecule has 1 atom stereocenters. The van der Waals surface area contributed by atoms with Gasteiger partial charge in [-0.2, -0.15) is 4.98 Å². The van der Waals surface area contributed by atoms with Gasteiger partial charge in [0.1, 0.15) is 5.52 Å². The molecule has 1 aromatic carbocycles. The van der Waals surface area contributed by atoms with Crippen LogP contribution in [0.4, 0.5) is 6.01 Å². The second-order valence-electron chi connectivity index (χ2n) is 5.45. The molecule has 20 heavy (non-hydrogen) atoms. The number of ether oxygens (including phenoxy) is 1. The lowest BCUT2D eigenvalue weighted by Gasteiger charge is -2.35. The summed E-state index contributed by atoms with van der Waals surface area (Å²) in [6.45, 7) is 7.41. The minimum Gasteiger partial charge on any atom is -0.423 e. The Bertz CT molecular complexity index is 534. The smallest absolute Gasteiger partial charge is 0.298 e. The zero-order chi connectivity index (χ0) is 13.9. The van der Waals surface area contributed by atoms with Gasteiger partial charge in [0.2, 0.25) is 0 Å². The summed E-state index contributed by atoms with van der Waals surface area (Å²) in [5.74, 6) is 0. The average molecular weight is 275 g/mol. The van der Waals surface area contributed by atoms with Crippen LogP contribution in [0, 0.1) is 0 Å². The van der Waals surface area contributed by atoms with Gasteiger partial charge in [0.15, 0.2) is 5.58 Å². The van der Waals surface area contributed by atoms with Gasteiger partial charge in [-0.05, 0) is 12.1 Å². The van der Waals surface area contributed by atoms with Gasteiger partial charge in [-0.15, -0.1) is 0 Å². The summed E-state index contributed by atoms with van der Waals surface area (Å²) in [7, 11) is 0. The first kappa shape index (κ1) is 13.4. The summed E-state index contributed by atoms with van der Waals surface area (Å²) in [5, 5.41) is 3.46. The first-order valence-electron chi connectivity index (χ1n) is 7.17. The largest absolute Gasteiger partial charge is 0.423 e. The molecule has 0 aliphatic carbocycles. The number of hydrogen-bond acceptors (Lipinski definition) is 5. The van der Waals surface area contributed by atoms with E-state index in [1.807, 2.05) is 24.3 Å². The van der Waals surface area contributed by atoms with Crippen LogP contribution in [0.3, 0.4) is 0 Å². The number of morpholine rings is 1. The molecule has 0 saturated carbocycles. The van der Waals surface area contributed by atoms with Gasteiger partial charge in [0.05, 0.1) is 19.3 Å². The number of benzene rings is 1. The highest BCUT2D eigenvalue weighted by Crippen LogP contribution is 2.24. The second-order valence-corrected chi connectivity index (χ2v) is 5.45. The maximum absolute atomic E-state index is 5.88. The van der Waals surface area contributed by atoms with Crippen molar-refractivity contribution in [1.29, 1.82) is 0 Å². The minimum atomic E-state index is 0.263. The molecule has 108 valence electrons. The molecule has 0 spiro atoms. The predicted molar refractivity (Wildman–Crippen MR) is 79.1 cm³/mol. The number of para-hydroxylation sites is 2. The molecular formula is C15H21N3O2.